The number of piperidine rings is 1. The van der Waals surface area contributed by atoms with Gasteiger partial charge in [0.25, 0.3) is 0 Å². The van der Waals surface area contributed by atoms with Crippen LogP contribution in [-0.2, 0) is 4.79 Å². The number of allylic oxidation sites excluding steroid dienone is 1. The summed E-state index contributed by atoms with van der Waals surface area (Å²) in [4.78, 5) is 22.6. The zero-order chi connectivity index (χ0) is 21.5. The van der Waals surface area contributed by atoms with E-state index in [1.807, 2.05) is 36.6 Å². The monoisotopic (exact) mass is 424 g/mol. The van der Waals surface area contributed by atoms with Crippen LogP contribution < -0.4 is 21.3 Å². The highest BCUT2D eigenvalue weighted by Crippen LogP contribution is 2.31. The highest BCUT2D eigenvalue weighted by atomic mass is 32.1. The molecule has 1 saturated heterocycles. The number of amidine groups is 1. The molecule has 0 saturated carbocycles. The number of para-hydroxylation sites is 2. The topological polar surface area (TPSA) is 95.6 Å². The van der Waals surface area contributed by atoms with Crippen LogP contribution in [0.3, 0.4) is 0 Å². The number of amides is 1. The molecule has 1 aliphatic heterocycles. The van der Waals surface area contributed by atoms with E-state index in [2.05, 4.69) is 38.2 Å². The van der Waals surface area contributed by atoms with Gasteiger partial charge in [-0.05, 0) is 38.0 Å². The first-order valence-corrected chi connectivity index (χ1v) is 10.8. The van der Waals surface area contributed by atoms with Gasteiger partial charge >= 0.3 is 0 Å². The number of thiazole rings is 1. The summed E-state index contributed by atoms with van der Waals surface area (Å²) in [6.07, 6.45) is 5.53. The molecule has 30 heavy (non-hydrogen) atoms. The van der Waals surface area contributed by atoms with Crippen LogP contribution in [0.15, 0.2) is 53.4 Å². The quantitative estimate of drug-likeness (QED) is 0.483. The van der Waals surface area contributed by atoms with Crippen molar-refractivity contribution in [3.05, 3.63) is 54.1 Å². The van der Waals surface area contributed by atoms with Crippen molar-refractivity contribution in [2.45, 2.75) is 32.7 Å². The zero-order valence-electron chi connectivity index (χ0n) is 17.4. The van der Waals surface area contributed by atoms with Crippen LogP contribution in [0, 0.1) is 0 Å². The number of nitrogens with zero attached hydrogens (tertiary/aromatic N) is 3. The Morgan fingerprint density at radius 3 is 2.80 bits per heavy atom. The summed E-state index contributed by atoms with van der Waals surface area (Å²) in [6.45, 7) is 9.36. The number of carbonyl (C=O) groups excluding carboxylic acids is 1. The predicted octanol–water partition coefficient (Wildman–Crippen LogP) is 3.90. The molecule has 0 aliphatic carbocycles. The number of benzene rings is 1. The van der Waals surface area contributed by atoms with Crippen LogP contribution in [-0.4, -0.2) is 35.9 Å². The molecule has 1 amide bonds. The SMILES string of the molecule is C=C(Nc1ccccc1N1CCC(N)CC1)c1csc(/N=C(\C=C/C)NC(C)=O)n1. The second kappa shape index (κ2) is 10.2. The van der Waals surface area contributed by atoms with Crippen molar-refractivity contribution in [1.29, 1.82) is 0 Å². The summed E-state index contributed by atoms with van der Waals surface area (Å²) in [5, 5.41) is 8.55. The van der Waals surface area contributed by atoms with Gasteiger partial charge in [-0.25, -0.2) is 9.98 Å². The molecule has 1 aromatic carbocycles. The number of anilines is 2. The van der Waals surface area contributed by atoms with Gasteiger partial charge in [0.2, 0.25) is 11.0 Å². The largest absolute Gasteiger partial charge is 0.370 e. The number of carbonyl (C=O) groups is 1. The van der Waals surface area contributed by atoms with Gasteiger partial charge in [-0.1, -0.05) is 24.8 Å². The Hall–Kier alpha value is -2.97. The van der Waals surface area contributed by atoms with E-state index in [0.29, 0.717) is 16.7 Å². The van der Waals surface area contributed by atoms with E-state index in [-0.39, 0.29) is 11.9 Å². The lowest BCUT2D eigenvalue weighted by Gasteiger charge is -2.33. The number of hydrogen-bond acceptors (Lipinski definition) is 7. The maximum Gasteiger partial charge on any atom is 0.222 e. The molecule has 0 radical (unpaired) electrons. The van der Waals surface area contributed by atoms with Crippen LogP contribution in [0.4, 0.5) is 16.5 Å². The smallest absolute Gasteiger partial charge is 0.222 e. The predicted molar refractivity (Wildman–Crippen MR) is 126 cm³/mol. The first-order valence-electron chi connectivity index (χ1n) is 9.96. The van der Waals surface area contributed by atoms with E-state index < -0.39 is 0 Å². The molecule has 3 rings (SSSR count). The maximum absolute atomic E-state index is 11.3. The van der Waals surface area contributed by atoms with Gasteiger partial charge in [0.15, 0.2) is 0 Å². The molecule has 0 unspecified atom stereocenters. The van der Waals surface area contributed by atoms with Crippen molar-refractivity contribution >= 4 is 45.3 Å². The number of aromatic nitrogens is 1. The summed E-state index contributed by atoms with van der Waals surface area (Å²) in [7, 11) is 0. The molecule has 158 valence electrons. The molecule has 0 bridgehead atoms. The molecule has 8 heteroatoms. The molecular weight excluding hydrogens is 396 g/mol. The Kier molecular flexibility index (Phi) is 7.37. The van der Waals surface area contributed by atoms with E-state index in [1.54, 1.807) is 6.08 Å². The molecule has 1 aliphatic rings. The van der Waals surface area contributed by atoms with Crippen molar-refractivity contribution < 1.29 is 4.79 Å². The van der Waals surface area contributed by atoms with Crippen molar-refractivity contribution in [3.8, 4) is 0 Å². The van der Waals surface area contributed by atoms with Gasteiger partial charge in [0.05, 0.1) is 22.8 Å². The fourth-order valence-corrected chi connectivity index (χ4v) is 3.94. The second-order valence-corrected chi connectivity index (χ2v) is 7.98. The standard InChI is InChI=1S/C22H28N6OS/c1-4-7-21(25-16(3)29)27-22-26-19(14-30-22)15(2)24-18-8-5-6-9-20(18)28-12-10-17(23)11-13-28/h4-9,14,17,24H,2,10-13,23H2,1,3H3,(H,25,26,27,29)/b7-4-. The third-order valence-electron chi connectivity index (χ3n) is 4.72. The fraction of sp³-hybridized carbons (Fsp3) is 0.318. The third kappa shape index (κ3) is 5.77. The average molecular weight is 425 g/mol. The summed E-state index contributed by atoms with van der Waals surface area (Å²) < 4.78 is 0. The van der Waals surface area contributed by atoms with Gasteiger partial charge in [0, 0.05) is 31.4 Å². The van der Waals surface area contributed by atoms with E-state index in [4.69, 9.17) is 5.73 Å². The molecule has 2 aromatic rings. The van der Waals surface area contributed by atoms with Crippen LogP contribution in [0.2, 0.25) is 0 Å². The minimum atomic E-state index is -0.176. The first-order chi connectivity index (χ1) is 14.5. The molecule has 0 spiro atoms. The normalized spacial score (nSPS) is 15.4. The lowest BCUT2D eigenvalue weighted by atomic mass is 10.0. The minimum absolute atomic E-state index is 0.176. The number of rotatable bonds is 6. The Balaban J connectivity index is 1.74. The average Bonchev–Trinajstić information content (AvgIpc) is 3.17. The highest BCUT2D eigenvalue weighted by molar-refractivity contribution is 7.13. The number of aliphatic imine (C=N–C) groups is 1. The minimum Gasteiger partial charge on any atom is -0.370 e. The van der Waals surface area contributed by atoms with Gasteiger partial charge in [-0.2, -0.15) is 0 Å². The summed E-state index contributed by atoms with van der Waals surface area (Å²) >= 11 is 1.39. The van der Waals surface area contributed by atoms with Crippen LogP contribution >= 0.6 is 11.3 Å². The van der Waals surface area contributed by atoms with Crippen LogP contribution in [0.5, 0.6) is 0 Å². The Labute approximate surface area is 181 Å². The summed E-state index contributed by atoms with van der Waals surface area (Å²) in [5.74, 6) is 0.281. The molecular formula is C22H28N6OS. The molecule has 7 nitrogen and oxygen atoms in total. The van der Waals surface area contributed by atoms with E-state index >= 15 is 0 Å². The van der Waals surface area contributed by atoms with Crippen molar-refractivity contribution in [2.24, 2.45) is 10.7 Å². The van der Waals surface area contributed by atoms with Crippen molar-refractivity contribution in [2.75, 3.05) is 23.3 Å². The van der Waals surface area contributed by atoms with Crippen LogP contribution in [0.25, 0.3) is 5.70 Å². The highest BCUT2D eigenvalue weighted by Gasteiger charge is 2.19. The van der Waals surface area contributed by atoms with E-state index in [0.717, 1.165) is 43.0 Å². The van der Waals surface area contributed by atoms with E-state index in [9.17, 15) is 4.79 Å². The summed E-state index contributed by atoms with van der Waals surface area (Å²) in [5.41, 5.74) is 9.59. The van der Waals surface area contributed by atoms with Gasteiger partial charge < -0.3 is 21.3 Å². The van der Waals surface area contributed by atoms with E-state index in [1.165, 1.54) is 18.3 Å². The molecule has 1 aromatic heterocycles. The van der Waals surface area contributed by atoms with Gasteiger partial charge in [0.1, 0.15) is 5.84 Å². The van der Waals surface area contributed by atoms with Crippen molar-refractivity contribution in [1.82, 2.24) is 10.3 Å². The summed E-state index contributed by atoms with van der Waals surface area (Å²) in [6, 6.07) is 8.48. The molecule has 1 fully saturated rings. The number of nitrogens with one attached hydrogen (secondary N) is 2. The second-order valence-electron chi connectivity index (χ2n) is 7.14. The zero-order valence-corrected chi connectivity index (χ0v) is 18.2. The van der Waals surface area contributed by atoms with Crippen molar-refractivity contribution in [3.63, 3.8) is 0 Å². The van der Waals surface area contributed by atoms with Gasteiger partial charge in [-0.15, -0.1) is 11.3 Å². The molecule has 4 N–H and O–H groups in total. The molecule has 0 atom stereocenters. The lowest BCUT2D eigenvalue weighted by molar-refractivity contribution is -0.117. The molecule has 2 heterocycles. The maximum atomic E-state index is 11.3. The van der Waals surface area contributed by atoms with Crippen LogP contribution in [0.1, 0.15) is 32.4 Å². The lowest BCUT2D eigenvalue weighted by Crippen LogP contribution is -2.39. The fourth-order valence-electron chi connectivity index (χ4n) is 3.22. The van der Waals surface area contributed by atoms with Gasteiger partial charge in [-0.3, -0.25) is 4.79 Å². The number of hydrogen-bond donors (Lipinski definition) is 3. The Morgan fingerprint density at radius 1 is 1.37 bits per heavy atom. The number of nitrogens with two attached hydrogens (primary N) is 1. The Bertz CT molecular complexity index is 956. The first kappa shape index (κ1) is 21.7. The Morgan fingerprint density at radius 2 is 2.10 bits per heavy atom. The third-order valence-corrected chi connectivity index (χ3v) is 5.45.